The monoisotopic (exact) mass is 251 g/mol. The molecule has 3 rings (SSSR count). The molecule has 1 spiro atoms. The smallest absolute Gasteiger partial charge is 0.323 e. The number of amides is 1. The van der Waals surface area contributed by atoms with E-state index in [0.29, 0.717) is 6.54 Å². The van der Waals surface area contributed by atoms with E-state index in [1.54, 1.807) is 0 Å². The van der Waals surface area contributed by atoms with Crippen LogP contribution >= 0.6 is 11.3 Å². The number of nitrogens with zero attached hydrogens (tertiary/aromatic N) is 1. The fraction of sp³-hybridized carbons (Fsp3) is 0.500. The second kappa shape index (κ2) is 3.32. The van der Waals surface area contributed by atoms with E-state index in [0.717, 1.165) is 28.2 Å². The van der Waals surface area contributed by atoms with Gasteiger partial charge in [0.05, 0.1) is 4.88 Å². The molecule has 2 aliphatic rings. The predicted octanol–water partition coefficient (Wildman–Crippen LogP) is 1.63. The third kappa shape index (κ3) is 1.57. The Labute approximate surface area is 103 Å². The molecule has 1 fully saturated rings. The molecule has 1 saturated carbocycles. The van der Waals surface area contributed by atoms with Gasteiger partial charge in [-0.1, -0.05) is 0 Å². The Kier molecular flexibility index (Phi) is 2.10. The van der Waals surface area contributed by atoms with Crippen molar-refractivity contribution in [2.45, 2.75) is 25.2 Å². The summed E-state index contributed by atoms with van der Waals surface area (Å²) in [6.07, 6.45) is 2.14. The van der Waals surface area contributed by atoms with Crippen LogP contribution in [-0.2, 0) is 10.2 Å². The summed E-state index contributed by atoms with van der Waals surface area (Å²) < 4.78 is 0. The van der Waals surface area contributed by atoms with Crippen molar-refractivity contribution in [1.82, 2.24) is 4.90 Å². The number of thiophene rings is 1. The minimum absolute atomic E-state index is 0.0729. The molecule has 1 aromatic rings. The maximum absolute atomic E-state index is 12.2. The number of carboxylic acid groups (broad SMARTS) is 1. The lowest BCUT2D eigenvalue weighted by Crippen LogP contribution is -2.44. The maximum atomic E-state index is 12.2. The number of carbonyl (C=O) groups excluding carboxylic acids is 1. The Bertz CT molecular complexity index is 516. The number of carboxylic acids is 1. The van der Waals surface area contributed by atoms with Gasteiger partial charge < -0.3 is 10.0 Å². The first-order chi connectivity index (χ1) is 8.02. The first-order valence-corrected chi connectivity index (χ1v) is 6.45. The van der Waals surface area contributed by atoms with E-state index in [1.165, 1.54) is 16.2 Å². The third-order valence-electron chi connectivity index (χ3n) is 3.58. The van der Waals surface area contributed by atoms with E-state index in [9.17, 15) is 9.59 Å². The number of fused-ring (bicyclic) bond motifs is 2. The maximum Gasteiger partial charge on any atom is 0.323 e. The molecule has 0 aromatic carbocycles. The van der Waals surface area contributed by atoms with Gasteiger partial charge in [0.1, 0.15) is 6.54 Å². The highest BCUT2D eigenvalue weighted by Gasteiger charge is 2.52. The number of carbonyl (C=O) groups is 2. The van der Waals surface area contributed by atoms with Gasteiger partial charge in [-0.15, -0.1) is 11.3 Å². The molecule has 1 aliphatic carbocycles. The van der Waals surface area contributed by atoms with E-state index in [2.05, 4.69) is 6.07 Å². The summed E-state index contributed by atoms with van der Waals surface area (Å²) in [5.41, 5.74) is 1.23. The van der Waals surface area contributed by atoms with Gasteiger partial charge >= 0.3 is 5.97 Å². The normalized spacial score (nSPS) is 20.5. The number of rotatable bonds is 2. The van der Waals surface area contributed by atoms with Crippen LogP contribution in [0.25, 0.3) is 0 Å². The first-order valence-electron chi connectivity index (χ1n) is 5.64. The van der Waals surface area contributed by atoms with E-state index < -0.39 is 5.97 Å². The van der Waals surface area contributed by atoms with E-state index in [-0.39, 0.29) is 17.9 Å². The second-order valence-corrected chi connectivity index (χ2v) is 6.19. The van der Waals surface area contributed by atoms with Crippen LogP contribution in [0.5, 0.6) is 0 Å². The Hall–Kier alpha value is -1.36. The van der Waals surface area contributed by atoms with Crippen molar-refractivity contribution in [2.75, 3.05) is 13.1 Å². The molecule has 5 heteroatoms. The minimum Gasteiger partial charge on any atom is -0.480 e. The summed E-state index contributed by atoms with van der Waals surface area (Å²) >= 11 is 1.49. The molecule has 0 saturated heterocycles. The lowest BCUT2D eigenvalue weighted by Gasteiger charge is -2.31. The first kappa shape index (κ1) is 10.8. The molecule has 90 valence electrons. The van der Waals surface area contributed by atoms with Crippen LogP contribution in [0.3, 0.4) is 0 Å². The molecule has 17 heavy (non-hydrogen) atoms. The molecular weight excluding hydrogens is 238 g/mol. The van der Waals surface area contributed by atoms with Crippen LogP contribution in [0.15, 0.2) is 6.07 Å². The molecule has 0 bridgehead atoms. The Morgan fingerprint density at radius 3 is 2.88 bits per heavy atom. The lowest BCUT2D eigenvalue weighted by molar-refractivity contribution is -0.137. The standard InChI is InChI=1S/C12H13NO3S/c1-7-4-8-10(17-7)11(16)13(5-9(14)15)6-12(8)2-3-12/h4H,2-3,5-6H2,1H3,(H,14,15). The molecular formula is C12H13NO3S. The second-order valence-electron chi connectivity index (χ2n) is 4.94. The number of hydrogen-bond acceptors (Lipinski definition) is 3. The molecule has 1 amide bonds. The number of aryl methyl sites for hydroxylation is 1. The van der Waals surface area contributed by atoms with Crippen LogP contribution in [0.2, 0.25) is 0 Å². The number of hydrogen-bond donors (Lipinski definition) is 1. The summed E-state index contributed by atoms with van der Waals surface area (Å²) in [6.45, 7) is 2.38. The lowest BCUT2D eigenvalue weighted by atomic mass is 9.91. The van der Waals surface area contributed by atoms with Crippen LogP contribution in [0, 0.1) is 6.92 Å². The van der Waals surface area contributed by atoms with Gasteiger partial charge in [0.25, 0.3) is 5.91 Å². The summed E-state index contributed by atoms with van der Waals surface area (Å²) in [5.74, 6) is -1.05. The van der Waals surface area contributed by atoms with Gasteiger partial charge in [-0.2, -0.15) is 0 Å². The Balaban J connectivity index is 2.01. The van der Waals surface area contributed by atoms with E-state index in [1.807, 2.05) is 6.92 Å². The fourth-order valence-corrected chi connectivity index (χ4v) is 3.70. The highest BCUT2D eigenvalue weighted by Crippen LogP contribution is 2.54. The van der Waals surface area contributed by atoms with Gasteiger partial charge in [-0.05, 0) is 31.4 Å². The number of aliphatic carboxylic acids is 1. The van der Waals surface area contributed by atoms with Crippen molar-refractivity contribution in [3.63, 3.8) is 0 Å². The van der Waals surface area contributed by atoms with Crippen molar-refractivity contribution >= 4 is 23.2 Å². The molecule has 0 radical (unpaired) electrons. The SMILES string of the molecule is Cc1cc2c(s1)C(=O)N(CC(=O)O)CC21CC1. The average Bonchev–Trinajstić information content (AvgIpc) is 2.89. The molecule has 1 N–H and O–H groups in total. The highest BCUT2D eigenvalue weighted by atomic mass is 32.1. The summed E-state index contributed by atoms with van der Waals surface area (Å²) in [4.78, 5) is 26.3. The van der Waals surface area contributed by atoms with Gasteiger partial charge in [0.2, 0.25) is 0 Å². The summed E-state index contributed by atoms with van der Waals surface area (Å²) in [7, 11) is 0. The zero-order chi connectivity index (χ0) is 12.2. The van der Waals surface area contributed by atoms with Crippen LogP contribution in [0.1, 0.15) is 33.0 Å². The van der Waals surface area contributed by atoms with E-state index in [4.69, 9.17) is 5.11 Å². The molecule has 1 aromatic heterocycles. The molecule has 1 aliphatic heterocycles. The quantitative estimate of drug-likeness (QED) is 0.869. The van der Waals surface area contributed by atoms with Gasteiger partial charge in [-0.25, -0.2) is 0 Å². The fourth-order valence-electron chi connectivity index (χ4n) is 2.60. The van der Waals surface area contributed by atoms with Crippen LogP contribution < -0.4 is 0 Å². The average molecular weight is 251 g/mol. The molecule has 0 unspecified atom stereocenters. The minimum atomic E-state index is -0.939. The van der Waals surface area contributed by atoms with E-state index >= 15 is 0 Å². The molecule has 0 atom stereocenters. The third-order valence-corrected chi connectivity index (χ3v) is 4.62. The van der Waals surface area contributed by atoms with Crippen LogP contribution in [-0.4, -0.2) is 35.0 Å². The van der Waals surface area contributed by atoms with Crippen molar-refractivity contribution in [3.8, 4) is 0 Å². The Morgan fingerprint density at radius 2 is 2.29 bits per heavy atom. The van der Waals surface area contributed by atoms with Crippen LogP contribution in [0.4, 0.5) is 0 Å². The molecule has 2 heterocycles. The van der Waals surface area contributed by atoms with Gasteiger partial charge in [-0.3, -0.25) is 9.59 Å². The Morgan fingerprint density at radius 1 is 1.59 bits per heavy atom. The van der Waals surface area contributed by atoms with Crippen molar-refractivity contribution < 1.29 is 14.7 Å². The molecule has 4 nitrogen and oxygen atoms in total. The zero-order valence-electron chi connectivity index (χ0n) is 9.52. The zero-order valence-corrected chi connectivity index (χ0v) is 10.3. The summed E-state index contributed by atoms with van der Waals surface area (Å²) in [5, 5.41) is 8.84. The van der Waals surface area contributed by atoms with Crippen molar-refractivity contribution in [1.29, 1.82) is 0 Å². The topological polar surface area (TPSA) is 57.6 Å². The van der Waals surface area contributed by atoms with Crippen molar-refractivity contribution in [3.05, 3.63) is 21.4 Å². The largest absolute Gasteiger partial charge is 0.480 e. The van der Waals surface area contributed by atoms with Gasteiger partial charge in [0, 0.05) is 16.8 Å². The summed E-state index contributed by atoms with van der Waals surface area (Å²) in [6, 6.07) is 2.10. The van der Waals surface area contributed by atoms with Crippen molar-refractivity contribution in [2.24, 2.45) is 0 Å². The predicted molar refractivity (Wildman–Crippen MR) is 63.5 cm³/mol. The van der Waals surface area contributed by atoms with Gasteiger partial charge in [0.15, 0.2) is 0 Å². The highest BCUT2D eigenvalue weighted by molar-refractivity contribution is 7.14.